The van der Waals surface area contributed by atoms with Crippen molar-refractivity contribution in [3.8, 4) is 5.75 Å². The Morgan fingerprint density at radius 1 is 1.00 bits per heavy atom. The first-order valence-corrected chi connectivity index (χ1v) is 12.1. The van der Waals surface area contributed by atoms with Gasteiger partial charge in [-0.2, -0.15) is 0 Å². The van der Waals surface area contributed by atoms with E-state index < -0.39 is 11.9 Å². The highest BCUT2D eigenvalue weighted by Crippen LogP contribution is 2.40. The monoisotopic (exact) mass is 472 g/mol. The van der Waals surface area contributed by atoms with E-state index in [0.717, 1.165) is 23.2 Å². The smallest absolute Gasteiger partial charge is 0.316 e. The Labute approximate surface area is 204 Å². The van der Waals surface area contributed by atoms with Crippen molar-refractivity contribution >= 4 is 35.1 Å². The van der Waals surface area contributed by atoms with Crippen LogP contribution in [0.3, 0.4) is 0 Å². The van der Waals surface area contributed by atoms with Gasteiger partial charge in [-0.25, -0.2) is 4.90 Å². The van der Waals surface area contributed by atoms with Crippen LogP contribution in [-0.2, 0) is 25.6 Å². The number of esters is 1. The molecule has 7 heteroatoms. The second kappa shape index (κ2) is 9.13. The maximum absolute atomic E-state index is 13.0. The highest BCUT2D eigenvalue weighted by atomic mass is 16.5. The summed E-state index contributed by atoms with van der Waals surface area (Å²) < 4.78 is 5.62. The number of carbonyl (C=O) groups excluding carboxylic acids is 4. The van der Waals surface area contributed by atoms with Crippen LogP contribution in [0.2, 0.25) is 0 Å². The normalized spacial score (nSPS) is 24.0. The zero-order valence-electron chi connectivity index (χ0n) is 19.9. The molecule has 2 saturated heterocycles. The number of nitrogens with zero attached hydrogens (tertiary/aromatic N) is 2. The van der Waals surface area contributed by atoms with E-state index in [-0.39, 0.29) is 48.3 Å². The SMILES string of the molecule is CCc1ccccc1N1C[C@H](C(=O)Oc2cccc(N3C(=O)[C@@H]4CC=C(C)C[C@H]4C3=O)c2)CC1=O. The molecule has 7 nitrogen and oxygen atoms in total. The van der Waals surface area contributed by atoms with Gasteiger partial charge in [0.2, 0.25) is 17.7 Å². The maximum Gasteiger partial charge on any atom is 0.316 e. The number of aryl methyl sites for hydroxylation is 1. The van der Waals surface area contributed by atoms with Crippen LogP contribution in [0, 0.1) is 17.8 Å². The highest BCUT2D eigenvalue weighted by molar-refractivity contribution is 6.22. The van der Waals surface area contributed by atoms with Crippen LogP contribution >= 0.6 is 0 Å². The summed E-state index contributed by atoms with van der Waals surface area (Å²) in [7, 11) is 0. The Morgan fingerprint density at radius 2 is 1.77 bits per heavy atom. The van der Waals surface area contributed by atoms with Gasteiger partial charge in [0.1, 0.15) is 5.75 Å². The standard InChI is InChI=1S/C28H28N2O5/c1-3-18-7-4-5-10-24(18)29-16-19(14-25(29)31)28(34)35-21-9-6-8-20(15-21)30-26(32)22-12-11-17(2)13-23(22)27(30)33/h4-11,15,19,22-23H,3,12-14,16H2,1-2H3/t19-,22-,23-/m1/s1. The lowest BCUT2D eigenvalue weighted by Gasteiger charge is -2.20. The minimum atomic E-state index is -0.594. The Balaban J connectivity index is 1.30. The predicted molar refractivity (Wildman–Crippen MR) is 131 cm³/mol. The number of anilines is 2. The van der Waals surface area contributed by atoms with E-state index in [0.29, 0.717) is 18.5 Å². The van der Waals surface area contributed by atoms with E-state index in [1.165, 1.54) is 4.90 Å². The molecule has 3 aliphatic rings. The topological polar surface area (TPSA) is 84.0 Å². The average Bonchev–Trinajstić information content (AvgIpc) is 3.36. The second-order valence-corrected chi connectivity index (χ2v) is 9.52. The lowest BCUT2D eigenvalue weighted by atomic mass is 9.82. The predicted octanol–water partition coefficient (Wildman–Crippen LogP) is 4.05. The number of allylic oxidation sites excluding steroid dienone is 2. The maximum atomic E-state index is 13.0. The number of imide groups is 1. The number of amides is 3. The van der Waals surface area contributed by atoms with Crippen molar-refractivity contribution < 1.29 is 23.9 Å². The molecule has 0 bridgehead atoms. The Hall–Kier alpha value is -3.74. The van der Waals surface area contributed by atoms with Gasteiger partial charge in [-0.1, -0.05) is 42.8 Å². The number of rotatable bonds is 5. The molecule has 5 rings (SSSR count). The summed E-state index contributed by atoms with van der Waals surface area (Å²) in [6, 6.07) is 14.2. The minimum absolute atomic E-state index is 0.0788. The van der Waals surface area contributed by atoms with Gasteiger partial charge in [0.25, 0.3) is 0 Å². The summed E-state index contributed by atoms with van der Waals surface area (Å²) in [4.78, 5) is 54.5. The van der Waals surface area contributed by atoms with Gasteiger partial charge in [-0.3, -0.25) is 19.2 Å². The van der Waals surface area contributed by atoms with Crippen molar-refractivity contribution in [3.05, 3.63) is 65.7 Å². The third-order valence-electron chi connectivity index (χ3n) is 7.24. The molecule has 0 aromatic heterocycles. The van der Waals surface area contributed by atoms with Crippen LogP contribution in [0.15, 0.2) is 60.2 Å². The summed E-state index contributed by atoms with van der Waals surface area (Å²) in [6.07, 6.45) is 4.05. The molecule has 2 fully saturated rings. The summed E-state index contributed by atoms with van der Waals surface area (Å²) in [5.41, 5.74) is 3.40. The summed E-state index contributed by atoms with van der Waals surface area (Å²) in [6.45, 7) is 4.26. The van der Waals surface area contributed by atoms with E-state index in [2.05, 4.69) is 0 Å². The van der Waals surface area contributed by atoms with Crippen molar-refractivity contribution in [2.45, 2.75) is 39.5 Å². The largest absolute Gasteiger partial charge is 0.426 e. The third-order valence-corrected chi connectivity index (χ3v) is 7.24. The molecular weight excluding hydrogens is 444 g/mol. The molecular formula is C28H28N2O5. The number of para-hydroxylation sites is 1. The average molecular weight is 473 g/mol. The third kappa shape index (κ3) is 4.16. The van der Waals surface area contributed by atoms with Crippen LogP contribution in [0.25, 0.3) is 0 Å². The van der Waals surface area contributed by atoms with Crippen LogP contribution < -0.4 is 14.5 Å². The van der Waals surface area contributed by atoms with E-state index in [1.807, 2.05) is 44.2 Å². The van der Waals surface area contributed by atoms with E-state index in [9.17, 15) is 19.2 Å². The minimum Gasteiger partial charge on any atom is -0.426 e. The fourth-order valence-electron chi connectivity index (χ4n) is 5.35. The molecule has 2 heterocycles. The Morgan fingerprint density at radius 3 is 2.57 bits per heavy atom. The van der Waals surface area contributed by atoms with Crippen molar-refractivity contribution in [2.24, 2.45) is 17.8 Å². The van der Waals surface area contributed by atoms with Crippen LogP contribution in [0.1, 0.15) is 38.7 Å². The molecule has 0 N–H and O–H groups in total. The molecule has 0 unspecified atom stereocenters. The van der Waals surface area contributed by atoms with E-state index in [1.54, 1.807) is 29.2 Å². The van der Waals surface area contributed by atoms with Gasteiger partial charge in [-0.05, 0) is 49.9 Å². The fraction of sp³-hybridized carbons (Fsp3) is 0.357. The van der Waals surface area contributed by atoms with Crippen molar-refractivity contribution in [1.82, 2.24) is 0 Å². The number of ether oxygens (including phenoxy) is 1. The molecule has 1 aliphatic carbocycles. The Kier molecular flexibility index (Phi) is 6.01. The van der Waals surface area contributed by atoms with Gasteiger partial charge in [0.15, 0.2) is 0 Å². The summed E-state index contributed by atoms with van der Waals surface area (Å²) >= 11 is 0. The second-order valence-electron chi connectivity index (χ2n) is 9.52. The van der Waals surface area contributed by atoms with Crippen LogP contribution in [-0.4, -0.2) is 30.2 Å². The molecule has 180 valence electrons. The Bertz CT molecular complexity index is 1250. The molecule has 3 atom stereocenters. The lowest BCUT2D eigenvalue weighted by molar-refractivity contribution is -0.139. The van der Waals surface area contributed by atoms with E-state index in [4.69, 9.17) is 4.74 Å². The first-order chi connectivity index (χ1) is 16.9. The molecule has 2 aliphatic heterocycles. The van der Waals surface area contributed by atoms with Gasteiger partial charge in [-0.15, -0.1) is 0 Å². The molecule has 0 saturated carbocycles. The van der Waals surface area contributed by atoms with Crippen molar-refractivity contribution in [2.75, 3.05) is 16.3 Å². The molecule has 2 aromatic carbocycles. The number of fused-ring (bicyclic) bond motifs is 1. The van der Waals surface area contributed by atoms with Gasteiger partial charge in [0, 0.05) is 24.7 Å². The number of hydrogen-bond donors (Lipinski definition) is 0. The molecule has 0 radical (unpaired) electrons. The highest BCUT2D eigenvalue weighted by Gasteiger charge is 2.48. The molecule has 0 spiro atoms. The van der Waals surface area contributed by atoms with E-state index >= 15 is 0 Å². The van der Waals surface area contributed by atoms with Crippen LogP contribution in [0.5, 0.6) is 5.75 Å². The lowest BCUT2D eigenvalue weighted by Crippen LogP contribution is -2.31. The van der Waals surface area contributed by atoms with Crippen molar-refractivity contribution in [3.63, 3.8) is 0 Å². The molecule has 3 amide bonds. The molecule has 35 heavy (non-hydrogen) atoms. The summed E-state index contributed by atoms with van der Waals surface area (Å²) in [5.74, 6) is -2.04. The van der Waals surface area contributed by atoms with Gasteiger partial charge in [0.05, 0.1) is 23.4 Å². The quantitative estimate of drug-likeness (QED) is 0.284. The zero-order chi connectivity index (χ0) is 24.7. The van der Waals surface area contributed by atoms with Gasteiger partial charge >= 0.3 is 5.97 Å². The van der Waals surface area contributed by atoms with Gasteiger partial charge < -0.3 is 9.64 Å². The summed E-state index contributed by atoms with van der Waals surface area (Å²) in [5, 5.41) is 0. The number of hydrogen-bond acceptors (Lipinski definition) is 5. The van der Waals surface area contributed by atoms with Crippen molar-refractivity contribution in [1.29, 1.82) is 0 Å². The first kappa shape index (κ1) is 23.0. The van der Waals surface area contributed by atoms with Crippen LogP contribution in [0.4, 0.5) is 11.4 Å². The fourth-order valence-corrected chi connectivity index (χ4v) is 5.35. The zero-order valence-corrected chi connectivity index (χ0v) is 19.9. The number of carbonyl (C=O) groups is 4. The first-order valence-electron chi connectivity index (χ1n) is 12.1. The molecule has 2 aromatic rings. The number of benzene rings is 2.